The van der Waals surface area contributed by atoms with Gasteiger partial charge in [-0.2, -0.15) is 5.10 Å². The minimum absolute atomic E-state index is 0.266. The molecule has 138 valence electrons. The lowest BCUT2D eigenvalue weighted by Crippen LogP contribution is -2.08. The monoisotopic (exact) mass is 373 g/mol. The molecule has 0 unspecified atom stereocenters. The van der Waals surface area contributed by atoms with Crippen LogP contribution in [0.15, 0.2) is 41.8 Å². The standard InChI is InChI=1S/C19H24FN5S/c1-14(2)12-25-18(16-8-4-5-9-17(16)20)22-23-19(25)26-10-6-7-15-11-21-24(3)13-15/h4-5,8-9,11,13-14H,6-7,10,12H2,1-3H3. The van der Waals surface area contributed by atoms with Gasteiger partial charge in [-0.05, 0) is 36.5 Å². The fourth-order valence-electron chi connectivity index (χ4n) is 2.81. The fourth-order valence-corrected chi connectivity index (χ4v) is 3.69. The lowest BCUT2D eigenvalue weighted by Gasteiger charge is -2.12. The van der Waals surface area contributed by atoms with E-state index in [9.17, 15) is 4.39 Å². The Bertz CT molecular complexity index is 855. The molecule has 0 aliphatic heterocycles. The van der Waals surface area contributed by atoms with E-state index in [0.717, 1.165) is 30.3 Å². The van der Waals surface area contributed by atoms with Gasteiger partial charge in [-0.25, -0.2) is 4.39 Å². The van der Waals surface area contributed by atoms with Gasteiger partial charge in [-0.3, -0.25) is 4.68 Å². The highest BCUT2D eigenvalue weighted by molar-refractivity contribution is 7.99. The second-order valence-corrected chi connectivity index (χ2v) is 7.83. The van der Waals surface area contributed by atoms with Crippen molar-refractivity contribution in [2.75, 3.05) is 5.75 Å². The quantitative estimate of drug-likeness (QED) is 0.439. The van der Waals surface area contributed by atoms with E-state index < -0.39 is 0 Å². The summed E-state index contributed by atoms with van der Waals surface area (Å²) in [7, 11) is 1.93. The Morgan fingerprint density at radius 2 is 2.00 bits per heavy atom. The second-order valence-electron chi connectivity index (χ2n) is 6.76. The number of aromatic nitrogens is 5. The maximum absolute atomic E-state index is 14.2. The molecule has 2 heterocycles. The minimum atomic E-state index is -0.266. The van der Waals surface area contributed by atoms with Gasteiger partial charge >= 0.3 is 0 Å². The summed E-state index contributed by atoms with van der Waals surface area (Å²) in [6.45, 7) is 5.05. The molecule has 0 spiro atoms. The number of halogens is 1. The van der Waals surface area contributed by atoms with Crippen LogP contribution in [-0.4, -0.2) is 30.3 Å². The summed E-state index contributed by atoms with van der Waals surface area (Å²) in [5, 5.41) is 13.7. The zero-order valence-electron chi connectivity index (χ0n) is 15.4. The number of thioether (sulfide) groups is 1. The maximum Gasteiger partial charge on any atom is 0.191 e. The highest BCUT2D eigenvalue weighted by atomic mass is 32.2. The van der Waals surface area contributed by atoms with Gasteiger partial charge in [0.1, 0.15) is 5.82 Å². The summed E-state index contributed by atoms with van der Waals surface area (Å²) in [6.07, 6.45) is 5.96. The lowest BCUT2D eigenvalue weighted by atomic mass is 10.2. The van der Waals surface area contributed by atoms with Crippen LogP contribution in [0, 0.1) is 11.7 Å². The number of benzene rings is 1. The molecular weight excluding hydrogens is 349 g/mol. The summed E-state index contributed by atoms with van der Waals surface area (Å²) in [4.78, 5) is 0. The first-order chi connectivity index (χ1) is 12.5. The molecule has 0 aliphatic carbocycles. The lowest BCUT2D eigenvalue weighted by molar-refractivity contribution is 0.496. The van der Waals surface area contributed by atoms with Gasteiger partial charge in [-0.15, -0.1) is 10.2 Å². The molecule has 1 aromatic carbocycles. The molecule has 3 rings (SSSR count). The molecular formula is C19H24FN5S. The Labute approximate surface area is 157 Å². The van der Waals surface area contributed by atoms with Crippen LogP contribution < -0.4 is 0 Å². The molecule has 7 heteroatoms. The van der Waals surface area contributed by atoms with Crippen LogP contribution in [0.2, 0.25) is 0 Å². The highest BCUT2D eigenvalue weighted by Crippen LogP contribution is 2.27. The maximum atomic E-state index is 14.2. The fraction of sp³-hybridized carbons (Fsp3) is 0.421. The van der Waals surface area contributed by atoms with E-state index >= 15 is 0 Å². The Morgan fingerprint density at radius 1 is 1.19 bits per heavy atom. The third-order valence-electron chi connectivity index (χ3n) is 3.98. The van der Waals surface area contributed by atoms with Crippen LogP contribution in [0.4, 0.5) is 4.39 Å². The van der Waals surface area contributed by atoms with E-state index in [1.54, 1.807) is 23.9 Å². The third-order valence-corrected chi connectivity index (χ3v) is 5.03. The number of hydrogen-bond acceptors (Lipinski definition) is 4. The molecule has 0 bridgehead atoms. The van der Waals surface area contributed by atoms with Crippen molar-refractivity contribution in [1.82, 2.24) is 24.5 Å². The Morgan fingerprint density at radius 3 is 2.69 bits per heavy atom. The van der Waals surface area contributed by atoms with Crippen LogP contribution in [0.25, 0.3) is 11.4 Å². The summed E-state index contributed by atoms with van der Waals surface area (Å²) in [5.41, 5.74) is 1.74. The van der Waals surface area contributed by atoms with E-state index in [0.29, 0.717) is 17.3 Å². The van der Waals surface area contributed by atoms with Gasteiger partial charge in [-0.1, -0.05) is 37.7 Å². The molecule has 5 nitrogen and oxygen atoms in total. The second kappa shape index (κ2) is 8.49. The van der Waals surface area contributed by atoms with Gasteiger partial charge in [0.15, 0.2) is 11.0 Å². The van der Waals surface area contributed by atoms with Gasteiger partial charge in [0.05, 0.1) is 11.8 Å². The summed E-state index contributed by atoms with van der Waals surface area (Å²) < 4.78 is 18.1. The molecule has 0 amide bonds. The van der Waals surface area contributed by atoms with Gasteiger partial charge in [0, 0.05) is 25.5 Å². The van der Waals surface area contributed by atoms with Crippen molar-refractivity contribution in [3.05, 3.63) is 48.0 Å². The first kappa shape index (κ1) is 18.6. The van der Waals surface area contributed by atoms with Crippen LogP contribution in [0.1, 0.15) is 25.8 Å². The van der Waals surface area contributed by atoms with Crippen LogP contribution in [0.5, 0.6) is 0 Å². The first-order valence-corrected chi connectivity index (χ1v) is 9.81. The van der Waals surface area contributed by atoms with Crippen molar-refractivity contribution >= 4 is 11.8 Å². The number of rotatable bonds is 8. The number of nitrogens with zero attached hydrogens (tertiary/aromatic N) is 5. The van der Waals surface area contributed by atoms with Crippen molar-refractivity contribution in [3.8, 4) is 11.4 Å². The Hall–Kier alpha value is -2.15. The third kappa shape index (κ3) is 4.52. The van der Waals surface area contributed by atoms with Crippen molar-refractivity contribution in [3.63, 3.8) is 0 Å². The van der Waals surface area contributed by atoms with Gasteiger partial charge in [0.25, 0.3) is 0 Å². The Balaban J connectivity index is 1.71. The predicted molar refractivity (Wildman–Crippen MR) is 103 cm³/mol. The predicted octanol–water partition coefficient (Wildman–Crippen LogP) is 4.20. The highest BCUT2D eigenvalue weighted by Gasteiger charge is 2.17. The molecule has 0 saturated heterocycles. The molecule has 3 aromatic rings. The molecule has 0 saturated carbocycles. The molecule has 0 aliphatic rings. The normalized spacial score (nSPS) is 11.4. The minimum Gasteiger partial charge on any atom is -0.302 e. The molecule has 26 heavy (non-hydrogen) atoms. The van der Waals surface area contributed by atoms with Crippen LogP contribution in [-0.2, 0) is 20.0 Å². The van der Waals surface area contributed by atoms with Crippen molar-refractivity contribution in [2.45, 2.75) is 38.4 Å². The van der Waals surface area contributed by atoms with E-state index in [2.05, 4.69) is 29.1 Å². The van der Waals surface area contributed by atoms with Crippen molar-refractivity contribution in [2.24, 2.45) is 13.0 Å². The average Bonchev–Trinajstić information content (AvgIpc) is 3.18. The molecule has 0 fully saturated rings. The molecule has 0 atom stereocenters. The summed E-state index contributed by atoms with van der Waals surface area (Å²) >= 11 is 1.68. The molecule has 2 aromatic heterocycles. The largest absolute Gasteiger partial charge is 0.302 e. The number of hydrogen-bond donors (Lipinski definition) is 0. The summed E-state index contributed by atoms with van der Waals surface area (Å²) in [6, 6.07) is 6.74. The van der Waals surface area contributed by atoms with E-state index in [4.69, 9.17) is 0 Å². The van der Waals surface area contributed by atoms with E-state index in [1.165, 1.54) is 11.6 Å². The Kier molecular flexibility index (Phi) is 6.08. The van der Waals surface area contributed by atoms with Gasteiger partial charge < -0.3 is 4.57 Å². The van der Waals surface area contributed by atoms with Crippen molar-refractivity contribution < 1.29 is 4.39 Å². The van der Waals surface area contributed by atoms with Crippen molar-refractivity contribution in [1.29, 1.82) is 0 Å². The zero-order valence-corrected chi connectivity index (χ0v) is 16.2. The molecule has 0 radical (unpaired) electrons. The first-order valence-electron chi connectivity index (χ1n) is 8.83. The summed E-state index contributed by atoms with van der Waals surface area (Å²) in [5.74, 6) is 1.69. The van der Waals surface area contributed by atoms with E-state index in [-0.39, 0.29) is 5.82 Å². The smallest absolute Gasteiger partial charge is 0.191 e. The number of aryl methyl sites for hydroxylation is 2. The molecule has 0 N–H and O–H groups in total. The van der Waals surface area contributed by atoms with Crippen LogP contribution >= 0.6 is 11.8 Å². The topological polar surface area (TPSA) is 48.5 Å². The SMILES string of the molecule is CC(C)Cn1c(SCCCc2cnn(C)c2)nnc1-c1ccccc1F. The average molecular weight is 374 g/mol. The van der Waals surface area contributed by atoms with Gasteiger partial charge in [0.2, 0.25) is 0 Å². The zero-order chi connectivity index (χ0) is 18.5. The van der Waals surface area contributed by atoms with Crippen LogP contribution in [0.3, 0.4) is 0 Å². The van der Waals surface area contributed by atoms with E-state index in [1.807, 2.05) is 34.8 Å².